The fourth-order valence-electron chi connectivity index (χ4n) is 2.69. The summed E-state index contributed by atoms with van der Waals surface area (Å²) in [5, 5.41) is 11.9. The monoisotopic (exact) mass is 464 g/mol. The molecule has 2 aromatic heterocycles. The van der Waals surface area contributed by atoms with Gasteiger partial charge in [0.1, 0.15) is 10.8 Å². The highest BCUT2D eigenvalue weighted by Gasteiger charge is 2.17. The zero-order valence-electron chi connectivity index (χ0n) is 15.1. The van der Waals surface area contributed by atoms with Crippen LogP contribution < -0.4 is 5.32 Å². The number of amides is 1. The molecule has 152 valence electrons. The maximum atomic E-state index is 13.1. The predicted octanol–water partition coefficient (Wildman–Crippen LogP) is 5.94. The molecule has 30 heavy (non-hydrogen) atoms. The van der Waals surface area contributed by atoms with Gasteiger partial charge in [-0.3, -0.25) is 9.48 Å². The molecule has 0 bridgehead atoms. The fraction of sp³-hybridized carbons (Fsp3) is 0.0500. The number of benzene rings is 2. The summed E-state index contributed by atoms with van der Waals surface area (Å²) < 4.78 is 19.8. The Morgan fingerprint density at radius 2 is 1.83 bits per heavy atom. The third-order valence-corrected chi connectivity index (χ3v) is 5.03. The summed E-state index contributed by atoms with van der Waals surface area (Å²) in [7, 11) is 0. The van der Waals surface area contributed by atoms with Crippen molar-refractivity contribution in [3.63, 3.8) is 0 Å². The molecule has 0 aliphatic rings. The Morgan fingerprint density at radius 3 is 2.57 bits per heavy atom. The van der Waals surface area contributed by atoms with Crippen molar-refractivity contribution in [1.82, 2.24) is 14.9 Å². The topological polar surface area (TPSA) is 73.0 Å². The van der Waals surface area contributed by atoms with Crippen molar-refractivity contribution < 1.29 is 13.7 Å². The molecule has 2 aromatic carbocycles. The Kier molecular flexibility index (Phi) is 5.76. The zero-order chi connectivity index (χ0) is 21.3. The maximum absolute atomic E-state index is 13.1. The van der Waals surface area contributed by atoms with E-state index in [2.05, 4.69) is 15.6 Å². The Balaban J connectivity index is 1.48. The number of nitrogens with zero attached hydrogens (tertiary/aromatic N) is 3. The number of halogens is 4. The minimum absolute atomic E-state index is 0.0284. The molecule has 10 heteroatoms. The quantitative estimate of drug-likeness (QED) is 0.396. The Bertz CT molecular complexity index is 1220. The highest BCUT2D eigenvalue weighted by atomic mass is 35.5. The lowest BCUT2D eigenvalue weighted by atomic mass is 10.1. The van der Waals surface area contributed by atoms with Gasteiger partial charge in [0.25, 0.3) is 5.91 Å². The van der Waals surface area contributed by atoms with Crippen LogP contribution in [0.25, 0.3) is 11.3 Å². The summed E-state index contributed by atoms with van der Waals surface area (Å²) in [5.74, 6) is -0.433. The number of hydrogen-bond acceptors (Lipinski definition) is 4. The molecule has 0 saturated carbocycles. The molecule has 6 nitrogen and oxygen atoms in total. The van der Waals surface area contributed by atoms with Gasteiger partial charge in [-0.05, 0) is 42.0 Å². The molecule has 1 amide bonds. The molecule has 0 aliphatic heterocycles. The van der Waals surface area contributed by atoms with Crippen LogP contribution in [0.1, 0.15) is 16.1 Å². The van der Waals surface area contributed by atoms with Crippen molar-refractivity contribution in [3.05, 3.63) is 86.9 Å². The van der Waals surface area contributed by atoms with Crippen molar-refractivity contribution in [2.75, 3.05) is 5.32 Å². The number of anilines is 1. The normalized spacial score (nSPS) is 10.9. The Morgan fingerprint density at radius 1 is 1.07 bits per heavy atom. The first-order valence-corrected chi connectivity index (χ1v) is 9.73. The second-order valence-corrected chi connectivity index (χ2v) is 7.55. The van der Waals surface area contributed by atoms with E-state index in [1.54, 1.807) is 29.1 Å². The molecule has 1 N–H and O–H groups in total. The summed E-state index contributed by atoms with van der Waals surface area (Å²) in [6.07, 6.45) is 1.56. The van der Waals surface area contributed by atoms with E-state index < -0.39 is 5.91 Å². The average Bonchev–Trinajstić information content (AvgIpc) is 3.32. The summed E-state index contributed by atoms with van der Waals surface area (Å²) >= 11 is 18.3. The van der Waals surface area contributed by atoms with Crippen LogP contribution in [0.4, 0.5) is 10.2 Å². The van der Waals surface area contributed by atoms with E-state index >= 15 is 0 Å². The first-order chi connectivity index (χ1) is 14.4. The summed E-state index contributed by atoms with van der Waals surface area (Å²) in [5.41, 5.74) is 1.41. The molecule has 2 heterocycles. The van der Waals surface area contributed by atoms with Gasteiger partial charge in [-0.25, -0.2) is 4.39 Å². The lowest BCUT2D eigenvalue weighted by Crippen LogP contribution is -2.13. The minimum Gasteiger partial charge on any atom is -0.355 e. The van der Waals surface area contributed by atoms with Gasteiger partial charge in [-0.2, -0.15) is 5.10 Å². The van der Waals surface area contributed by atoms with Gasteiger partial charge >= 0.3 is 0 Å². The fourth-order valence-corrected chi connectivity index (χ4v) is 3.36. The highest BCUT2D eigenvalue weighted by molar-refractivity contribution is 6.35. The van der Waals surface area contributed by atoms with E-state index in [1.165, 1.54) is 30.3 Å². The van der Waals surface area contributed by atoms with Gasteiger partial charge in [0.15, 0.2) is 17.3 Å². The van der Waals surface area contributed by atoms with Gasteiger partial charge in [-0.15, -0.1) is 0 Å². The number of rotatable bonds is 5. The number of hydrogen-bond donors (Lipinski definition) is 1. The van der Waals surface area contributed by atoms with Crippen LogP contribution in [-0.2, 0) is 6.54 Å². The molecule has 0 atom stereocenters. The first kappa shape index (κ1) is 20.4. The van der Waals surface area contributed by atoms with E-state index in [0.717, 1.165) is 5.56 Å². The molecule has 4 rings (SSSR count). The standard InChI is InChI=1S/C20H12Cl3FN4O2/c21-13-4-1-12(15(22)7-13)9-28-10-16(23)19(26-28)25-20(29)17-8-18(30-27-17)11-2-5-14(24)6-3-11/h1-8,10H,9H2,(H,25,26,29). The van der Waals surface area contributed by atoms with E-state index in [9.17, 15) is 9.18 Å². The van der Waals surface area contributed by atoms with Crippen LogP contribution in [0.15, 0.2) is 59.3 Å². The van der Waals surface area contributed by atoms with Gasteiger partial charge in [0, 0.05) is 27.9 Å². The average molecular weight is 466 g/mol. The maximum Gasteiger partial charge on any atom is 0.279 e. The molecule has 0 saturated heterocycles. The number of carbonyl (C=O) groups is 1. The summed E-state index contributed by atoms with van der Waals surface area (Å²) in [4.78, 5) is 12.5. The second-order valence-electron chi connectivity index (χ2n) is 6.30. The van der Waals surface area contributed by atoms with Crippen molar-refractivity contribution in [2.24, 2.45) is 0 Å². The van der Waals surface area contributed by atoms with Crippen LogP contribution >= 0.6 is 34.8 Å². The second kappa shape index (κ2) is 8.47. The van der Waals surface area contributed by atoms with Gasteiger partial charge in [-0.1, -0.05) is 46.0 Å². The molecule has 4 aromatic rings. The molecule has 0 fully saturated rings. The molecule has 0 unspecified atom stereocenters. The first-order valence-electron chi connectivity index (χ1n) is 8.60. The van der Waals surface area contributed by atoms with Crippen molar-refractivity contribution >= 4 is 46.5 Å². The number of aromatic nitrogens is 3. The highest BCUT2D eigenvalue weighted by Crippen LogP contribution is 2.25. The SMILES string of the molecule is O=C(Nc1nn(Cc2ccc(Cl)cc2Cl)cc1Cl)c1cc(-c2ccc(F)cc2)on1. The zero-order valence-corrected chi connectivity index (χ0v) is 17.3. The van der Waals surface area contributed by atoms with Crippen LogP contribution in [0.3, 0.4) is 0 Å². The largest absolute Gasteiger partial charge is 0.355 e. The Hall–Kier alpha value is -2.87. The van der Waals surface area contributed by atoms with E-state index in [4.69, 9.17) is 39.3 Å². The van der Waals surface area contributed by atoms with E-state index in [1.807, 2.05) is 0 Å². The van der Waals surface area contributed by atoms with Gasteiger partial charge in [0.05, 0.1) is 6.54 Å². The predicted molar refractivity (Wildman–Crippen MR) is 113 cm³/mol. The van der Waals surface area contributed by atoms with Gasteiger partial charge < -0.3 is 9.84 Å². The van der Waals surface area contributed by atoms with Gasteiger partial charge in [0.2, 0.25) is 0 Å². The molecule has 0 spiro atoms. The molecule has 0 radical (unpaired) electrons. The lowest BCUT2D eigenvalue weighted by molar-refractivity contribution is 0.101. The number of carbonyl (C=O) groups excluding carboxylic acids is 1. The van der Waals surface area contributed by atoms with Crippen LogP contribution in [0.5, 0.6) is 0 Å². The van der Waals surface area contributed by atoms with Crippen LogP contribution in [-0.4, -0.2) is 20.8 Å². The third-order valence-electron chi connectivity index (χ3n) is 4.17. The molecular weight excluding hydrogens is 454 g/mol. The number of nitrogens with one attached hydrogen (secondary N) is 1. The van der Waals surface area contributed by atoms with Crippen LogP contribution in [0, 0.1) is 5.82 Å². The van der Waals surface area contributed by atoms with Crippen molar-refractivity contribution in [3.8, 4) is 11.3 Å². The van der Waals surface area contributed by atoms with Crippen molar-refractivity contribution in [2.45, 2.75) is 6.54 Å². The van der Waals surface area contributed by atoms with Crippen molar-refractivity contribution in [1.29, 1.82) is 0 Å². The van der Waals surface area contributed by atoms with Crippen LogP contribution in [0.2, 0.25) is 15.1 Å². The minimum atomic E-state index is -0.552. The van der Waals surface area contributed by atoms with E-state index in [-0.39, 0.29) is 22.4 Å². The lowest BCUT2D eigenvalue weighted by Gasteiger charge is -2.05. The summed E-state index contributed by atoms with van der Waals surface area (Å²) in [6.45, 7) is 0.338. The smallest absolute Gasteiger partial charge is 0.279 e. The summed E-state index contributed by atoms with van der Waals surface area (Å²) in [6, 6.07) is 12.2. The molecule has 0 aliphatic carbocycles. The van der Waals surface area contributed by atoms with E-state index in [0.29, 0.717) is 27.9 Å². The molecular formula is C20H12Cl3FN4O2. The third kappa shape index (κ3) is 4.48. The Labute approximate surface area is 185 Å².